The van der Waals surface area contributed by atoms with Crippen LogP contribution in [0.5, 0.6) is 0 Å². The van der Waals surface area contributed by atoms with Crippen molar-refractivity contribution in [2.45, 2.75) is 43.3 Å². The van der Waals surface area contributed by atoms with Crippen molar-refractivity contribution in [1.82, 2.24) is 0 Å². The van der Waals surface area contributed by atoms with Crippen LogP contribution in [0.15, 0.2) is 0 Å². The first-order valence-electron chi connectivity index (χ1n) is 6.73. The molecule has 0 rings (SSSR count). The van der Waals surface area contributed by atoms with Gasteiger partial charge in [-0.1, -0.05) is 0 Å². The summed E-state index contributed by atoms with van der Waals surface area (Å²) in [5, 5.41) is 28.0. The molecule has 0 radical (unpaired) electrons. The van der Waals surface area contributed by atoms with Gasteiger partial charge in [-0.25, -0.2) is 0 Å². The van der Waals surface area contributed by atoms with Crippen LogP contribution in [-0.2, 0) is 18.6 Å². The zero-order valence-corrected chi connectivity index (χ0v) is 15.0. The molecule has 9 N–H and O–H groups in total. The van der Waals surface area contributed by atoms with Gasteiger partial charge in [-0.05, 0) is 13.8 Å². The number of ether oxygens (including phenoxy) is 2. The molecule has 0 aromatic carbocycles. The molecule has 12 nitrogen and oxygen atoms in total. The molecule has 4 unspecified atom stereocenters. The van der Waals surface area contributed by atoms with E-state index in [-0.39, 0.29) is 0 Å². The number of hydrogen-bond donors (Lipinski definition) is 8. The number of aliphatic hydroxyl groups is 3. The van der Waals surface area contributed by atoms with E-state index in [1.807, 2.05) is 0 Å². The highest BCUT2D eigenvalue weighted by Crippen LogP contribution is 2.42. The molecule has 14 heteroatoms. The molecule has 0 saturated heterocycles. The van der Waals surface area contributed by atoms with Gasteiger partial charge in [0, 0.05) is 0 Å². The smallest absolute Gasteiger partial charge is 0.356 e. The minimum Gasteiger partial charge on any atom is -0.394 e. The lowest BCUT2D eigenvalue weighted by atomic mass is 10.1. The number of hydrogen-bond acceptors (Lipinski definition) is 8. The average molecular weight is 397 g/mol. The number of nitrogens with two attached hydrogens (primary N) is 1. The maximum Gasteiger partial charge on any atom is 0.356 e. The number of rotatable bonds is 11. The highest BCUT2D eigenvalue weighted by atomic mass is 31.2. The van der Waals surface area contributed by atoms with Gasteiger partial charge in [-0.3, -0.25) is 9.13 Å². The Morgan fingerprint density at radius 3 is 1.42 bits per heavy atom. The fraction of sp³-hybridized carbons (Fsp3) is 1.00. The van der Waals surface area contributed by atoms with E-state index < -0.39 is 64.4 Å². The molecular formula is C10H25NO11P2. The van der Waals surface area contributed by atoms with E-state index in [0.717, 1.165) is 0 Å². The van der Waals surface area contributed by atoms with E-state index in [2.05, 4.69) is 0 Å². The van der Waals surface area contributed by atoms with Gasteiger partial charge in [0.15, 0.2) is 11.7 Å². The van der Waals surface area contributed by atoms with Crippen molar-refractivity contribution < 1.29 is 53.5 Å². The molecule has 24 heavy (non-hydrogen) atoms. The summed E-state index contributed by atoms with van der Waals surface area (Å²) in [6.45, 7) is 0.691. The van der Waals surface area contributed by atoms with Gasteiger partial charge < -0.3 is 50.1 Å². The maximum atomic E-state index is 10.9. The van der Waals surface area contributed by atoms with Crippen LogP contribution in [0.4, 0.5) is 0 Å². The van der Waals surface area contributed by atoms with Crippen molar-refractivity contribution in [1.29, 1.82) is 0 Å². The zero-order valence-electron chi connectivity index (χ0n) is 13.2. The van der Waals surface area contributed by atoms with Crippen LogP contribution in [-0.4, -0.2) is 84.2 Å². The summed E-state index contributed by atoms with van der Waals surface area (Å²) in [6.07, 6.45) is -2.61. The van der Waals surface area contributed by atoms with E-state index in [1.165, 1.54) is 13.8 Å². The van der Waals surface area contributed by atoms with E-state index in [4.69, 9.17) is 34.8 Å². The standard InChI is InChI=1S/C10H25NO11P2/c1-6(8(13)23(15,16)17)21-4-10(11,3-12)5-22-7(2)9(14)24(18,19)20/h6-9,12-14H,3-5,11H2,1-2H3,(H2,15,16,17)(H2,18,19,20). The Morgan fingerprint density at radius 2 is 1.21 bits per heavy atom. The Hall–Kier alpha value is 0.0600. The lowest BCUT2D eigenvalue weighted by Gasteiger charge is -2.31. The third-order valence-electron chi connectivity index (χ3n) is 3.11. The molecule has 146 valence electrons. The van der Waals surface area contributed by atoms with Crippen LogP contribution in [0.25, 0.3) is 0 Å². The Bertz CT molecular complexity index is 439. The fourth-order valence-electron chi connectivity index (χ4n) is 1.45. The first-order chi connectivity index (χ1) is 10.6. The lowest BCUT2D eigenvalue weighted by Crippen LogP contribution is -2.54. The molecule has 0 aromatic rings. The lowest BCUT2D eigenvalue weighted by molar-refractivity contribution is -0.0747. The van der Waals surface area contributed by atoms with Crippen molar-refractivity contribution >= 4 is 15.2 Å². The quantitative estimate of drug-likeness (QED) is 0.169. The molecule has 0 fully saturated rings. The largest absolute Gasteiger partial charge is 0.394 e. The maximum absolute atomic E-state index is 10.9. The van der Waals surface area contributed by atoms with E-state index in [9.17, 15) is 24.4 Å². The average Bonchev–Trinajstić information content (AvgIpc) is 2.46. The van der Waals surface area contributed by atoms with Crippen LogP contribution in [0.2, 0.25) is 0 Å². The summed E-state index contributed by atoms with van der Waals surface area (Å²) in [5.41, 5.74) is 4.17. The molecule has 0 spiro atoms. The van der Waals surface area contributed by atoms with Gasteiger partial charge in [0.1, 0.15) is 0 Å². The SMILES string of the molecule is CC(OCC(N)(CO)COC(C)C(O)P(=O)(O)O)C(O)P(=O)(O)O. The summed E-state index contributed by atoms with van der Waals surface area (Å²) >= 11 is 0. The Labute approximate surface area is 138 Å². The third kappa shape index (κ3) is 7.96. The van der Waals surface area contributed by atoms with Crippen LogP contribution in [0.1, 0.15) is 13.8 Å². The molecule has 0 aliphatic rings. The molecule has 0 amide bonds. The summed E-state index contributed by atoms with van der Waals surface area (Å²) in [4.78, 5) is 35.3. The summed E-state index contributed by atoms with van der Waals surface area (Å²) in [5.74, 6) is -4.17. The summed E-state index contributed by atoms with van der Waals surface area (Å²) in [6, 6.07) is 0. The van der Waals surface area contributed by atoms with Crippen LogP contribution >= 0.6 is 15.2 Å². The highest BCUT2D eigenvalue weighted by Gasteiger charge is 2.37. The van der Waals surface area contributed by atoms with E-state index in [0.29, 0.717) is 0 Å². The Balaban J connectivity index is 4.65. The summed E-state index contributed by atoms with van der Waals surface area (Å²) in [7, 11) is -9.58. The molecule has 4 atom stereocenters. The minimum absolute atomic E-state index is 0.486. The second-order valence-corrected chi connectivity index (χ2v) is 8.97. The first kappa shape index (κ1) is 24.1. The van der Waals surface area contributed by atoms with Crippen molar-refractivity contribution in [2.75, 3.05) is 19.8 Å². The minimum atomic E-state index is -4.79. The monoisotopic (exact) mass is 397 g/mol. The van der Waals surface area contributed by atoms with Crippen LogP contribution < -0.4 is 5.73 Å². The van der Waals surface area contributed by atoms with Crippen LogP contribution in [0.3, 0.4) is 0 Å². The van der Waals surface area contributed by atoms with Gasteiger partial charge in [-0.15, -0.1) is 0 Å². The molecule has 0 heterocycles. The van der Waals surface area contributed by atoms with Crippen molar-refractivity contribution in [2.24, 2.45) is 5.73 Å². The Kier molecular flexibility index (Phi) is 9.15. The topological polar surface area (TPSA) is 220 Å². The molecule has 0 aliphatic carbocycles. The molecule has 0 aliphatic heterocycles. The predicted octanol–water partition coefficient (Wildman–Crippen LogP) is -2.52. The zero-order chi connectivity index (χ0) is 19.3. The number of aliphatic hydroxyl groups excluding tert-OH is 3. The second-order valence-electron chi connectivity index (χ2n) is 5.56. The van der Waals surface area contributed by atoms with E-state index in [1.54, 1.807) is 0 Å². The van der Waals surface area contributed by atoms with Gasteiger partial charge in [0.05, 0.1) is 37.6 Å². The van der Waals surface area contributed by atoms with Gasteiger partial charge in [0.2, 0.25) is 0 Å². The van der Waals surface area contributed by atoms with Crippen molar-refractivity contribution in [3.05, 3.63) is 0 Å². The van der Waals surface area contributed by atoms with Gasteiger partial charge in [-0.2, -0.15) is 0 Å². The molecule has 0 saturated carbocycles. The van der Waals surface area contributed by atoms with Crippen molar-refractivity contribution in [3.8, 4) is 0 Å². The summed E-state index contributed by atoms with van der Waals surface area (Å²) < 4.78 is 31.9. The first-order valence-corrected chi connectivity index (χ1v) is 10.1. The highest BCUT2D eigenvalue weighted by molar-refractivity contribution is 7.52. The van der Waals surface area contributed by atoms with E-state index >= 15 is 0 Å². The van der Waals surface area contributed by atoms with Crippen LogP contribution in [0, 0.1) is 0 Å². The van der Waals surface area contributed by atoms with Gasteiger partial charge >= 0.3 is 15.2 Å². The normalized spacial score (nSPS) is 20.9. The molecule has 0 bridgehead atoms. The second kappa shape index (κ2) is 9.13. The fourth-order valence-corrected chi connectivity index (χ4v) is 2.71. The Morgan fingerprint density at radius 1 is 0.917 bits per heavy atom. The molecular weight excluding hydrogens is 372 g/mol. The predicted molar refractivity (Wildman–Crippen MR) is 80.9 cm³/mol. The third-order valence-corrected chi connectivity index (χ3v) is 5.33. The van der Waals surface area contributed by atoms with Crippen molar-refractivity contribution in [3.63, 3.8) is 0 Å². The van der Waals surface area contributed by atoms with Gasteiger partial charge in [0.25, 0.3) is 0 Å². The molecule has 0 aromatic heterocycles.